The minimum atomic E-state index is -0.244. The summed E-state index contributed by atoms with van der Waals surface area (Å²) in [6.45, 7) is 14.4. The third-order valence-electron chi connectivity index (χ3n) is 3.32. The van der Waals surface area contributed by atoms with Crippen LogP contribution >= 0.6 is 24.0 Å². The second-order valence-corrected chi connectivity index (χ2v) is 7.19. The van der Waals surface area contributed by atoms with Crippen LogP contribution in [0.1, 0.15) is 45.7 Å². The van der Waals surface area contributed by atoms with Gasteiger partial charge in [-0.05, 0) is 52.2 Å². The van der Waals surface area contributed by atoms with Crippen molar-refractivity contribution in [2.75, 3.05) is 19.7 Å². The molecule has 0 saturated heterocycles. The summed E-state index contributed by atoms with van der Waals surface area (Å²) in [4.78, 5) is 4.64. The Balaban J connectivity index is 0.00000576. The molecule has 0 radical (unpaired) electrons. The maximum Gasteiger partial charge on any atom is 0.191 e. The molecule has 0 aromatic heterocycles. The van der Waals surface area contributed by atoms with Gasteiger partial charge in [0.2, 0.25) is 0 Å². The largest absolute Gasteiger partial charge is 0.488 e. The molecule has 0 saturated carbocycles. The van der Waals surface area contributed by atoms with Gasteiger partial charge in [-0.2, -0.15) is 0 Å². The summed E-state index contributed by atoms with van der Waals surface area (Å²) < 4.78 is 6.08. The number of aliphatic hydroxyl groups excluding tert-OH is 1. The minimum Gasteiger partial charge on any atom is -0.488 e. The smallest absolute Gasteiger partial charge is 0.191 e. The van der Waals surface area contributed by atoms with E-state index in [0.717, 1.165) is 23.8 Å². The Kier molecular flexibility index (Phi) is 11.1. The number of hydrogen-bond acceptors (Lipinski definition) is 3. The van der Waals surface area contributed by atoms with Gasteiger partial charge >= 0.3 is 0 Å². The van der Waals surface area contributed by atoms with Crippen LogP contribution in [0.15, 0.2) is 23.2 Å². The van der Waals surface area contributed by atoms with E-state index in [2.05, 4.69) is 40.7 Å². The molecule has 144 valence electrons. The second-order valence-electron chi connectivity index (χ2n) is 7.19. The highest BCUT2D eigenvalue weighted by molar-refractivity contribution is 14.0. The zero-order valence-corrected chi connectivity index (χ0v) is 18.7. The molecule has 0 spiro atoms. The number of aliphatic hydroxyl groups is 1. The van der Waals surface area contributed by atoms with Crippen molar-refractivity contribution >= 4 is 29.9 Å². The van der Waals surface area contributed by atoms with Crippen molar-refractivity contribution in [1.82, 2.24) is 10.6 Å². The Hall–Kier alpha value is -1.02. The lowest BCUT2D eigenvalue weighted by Gasteiger charge is -2.23. The molecule has 1 atom stereocenters. The lowest BCUT2D eigenvalue weighted by molar-refractivity contribution is 0.129. The molecule has 0 aliphatic carbocycles. The normalized spacial score (nSPS) is 13.0. The fraction of sp³-hybridized carbons (Fsp3) is 0.632. The fourth-order valence-corrected chi connectivity index (χ4v) is 2.06. The van der Waals surface area contributed by atoms with Crippen LogP contribution in [0.2, 0.25) is 0 Å². The first-order valence-corrected chi connectivity index (χ1v) is 8.66. The molecule has 25 heavy (non-hydrogen) atoms. The molecule has 0 amide bonds. The summed E-state index contributed by atoms with van der Waals surface area (Å²) >= 11 is 0. The van der Waals surface area contributed by atoms with E-state index in [1.54, 1.807) is 0 Å². The van der Waals surface area contributed by atoms with E-state index in [4.69, 9.17) is 9.84 Å². The van der Waals surface area contributed by atoms with Crippen LogP contribution in [-0.2, 0) is 6.54 Å². The van der Waals surface area contributed by atoms with E-state index >= 15 is 0 Å². The standard InChI is InChI=1S/C19H33N3O2.HI/c1-7-20-18(21-11-15(3)13-23)22-12-16-9-8-14(2)10-17(16)24-19(4,5)6;/h8-10,15,23H,7,11-13H2,1-6H3,(H2,20,21,22);1H. The van der Waals surface area contributed by atoms with Crippen molar-refractivity contribution in [3.05, 3.63) is 29.3 Å². The van der Waals surface area contributed by atoms with Gasteiger partial charge in [-0.3, -0.25) is 0 Å². The van der Waals surface area contributed by atoms with E-state index in [1.165, 1.54) is 5.56 Å². The third kappa shape index (κ3) is 9.89. The molecule has 1 unspecified atom stereocenters. The second kappa shape index (κ2) is 11.6. The van der Waals surface area contributed by atoms with Crippen molar-refractivity contribution in [2.45, 2.75) is 53.7 Å². The van der Waals surface area contributed by atoms with Gasteiger partial charge in [0.1, 0.15) is 11.4 Å². The lowest BCUT2D eigenvalue weighted by Crippen LogP contribution is -2.39. The van der Waals surface area contributed by atoms with Gasteiger partial charge in [0.15, 0.2) is 5.96 Å². The topological polar surface area (TPSA) is 65.9 Å². The summed E-state index contributed by atoms with van der Waals surface area (Å²) in [5.41, 5.74) is 1.98. The van der Waals surface area contributed by atoms with E-state index < -0.39 is 0 Å². The van der Waals surface area contributed by atoms with Crippen LogP contribution in [0.5, 0.6) is 5.75 Å². The van der Waals surface area contributed by atoms with Crippen LogP contribution in [0.3, 0.4) is 0 Å². The number of rotatable bonds is 7. The third-order valence-corrected chi connectivity index (χ3v) is 3.32. The number of nitrogens with one attached hydrogen (secondary N) is 2. The van der Waals surface area contributed by atoms with Crippen molar-refractivity contribution in [3.8, 4) is 5.75 Å². The molecule has 3 N–H and O–H groups in total. The first kappa shape index (κ1) is 24.0. The quantitative estimate of drug-likeness (QED) is 0.329. The first-order chi connectivity index (χ1) is 11.2. The Bertz CT molecular complexity index is 542. The van der Waals surface area contributed by atoms with E-state index in [1.807, 2.05) is 34.6 Å². The molecule has 0 bridgehead atoms. The highest BCUT2D eigenvalue weighted by atomic mass is 127. The summed E-state index contributed by atoms with van der Waals surface area (Å²) in [6, 6.07) is 6.21. The van der Waals surface area contributed by atoms with Crippen molar-refractivity contribution in [2.24, 2.45) is 10.9 Å². The first-order valence-electron chi connectivity index (χ1n) is 8.66. The highest BCUT2D eigenvalue weighted by Gasteiger charge is 2.15. The summed E-state index contributed by atoms with van der Waals surface area (Å²) in [6.07, 6.45) is 0. The highest BCUT2D eigenvalue weighted by Crippen LogP contribution is 2.25. The Labute approximate surface area is 169 Å². The molecule has 1 rings (SSSR count). The minimum absolute atomic E-state index is 0. The van der Waals surface area contributed by atoms with Crippen LogP contribution in [0.4, 0.5) is 0 Å². The van der Waals surface area contributed by atoms with E-state index in [9.17, 15) is 0 Å². The van der Waals surface area contributed by atoms with Crippen LogP contribution in [-0.4, -0.2) is 36.4 Å². The Morgan fingerprint density at radius 1 is 1.28 bits per heavy atom. The van der Waals surface area contributed by atoms with E-state index in [-0.39, 0.29) is 42.1 Å². The predicted octanol–water partition coefficient (Wildman–Crippen LogP) is 3.47. The number of hydrogen-bond donors (Lipinski definition) is 3. The zero-order valence-electron chi connectivity index (χ0n) is 16.3. The van der Waals surface area contributed by atoms with Crippen molar-refractivity contribution < 1.29 is 9.84 Å². The molecule has 1 aromatic carbocycles. The van der Waals surface area contributed by atoms with Crippen molar-refractivity contribution in [3.63, 3.8) is 0 Å². The van der Waals surface area contributed by atoms with Gasteiger partial charge in [0, 0.05) is 25.3 Å². The number of halogens is 1. The SMILES string of the molecule is CCNC(=NCc1ccc(C)cc1OC(C)(C)C)NCC(C)CO.I. The summed E-state index contributed by atoms with van der Waals surface area (Å²) in [5.74, 6) is 1.82. The molecular weight excluding hydrogens is 429 g/mol. The van der Waals surface area contributed by atoms with Crippen LogP contribution in [0, 0.1) is 12.8 Å². The molecule has 1 aromatic rings. The average Bonchev–Trinajstić information content (AvgIpc) is 2.49. The Morgan fingerprint density at radius 2 is 1.96 bits per heavy atom. The number of aryl methyl sites for hydroxylation is 1. The van der Waals surface area contributed by atoms with Gasteiger partial charge in [-0.25, -0.2) is 4.99 Å². The molecule has 6 heteroatoms. The molecule has 0 aliphatic heterocycles. The van der Waals surface area contributed by atoms with Crippen LogP contribution < -0.4 is 15.4 Å². The van der Waals surface area contributed by atoms with Gasteiger partial charge < -0.3 is 20.5 Å². The van der Waals surface area contributed by atoms with Gasteiger partial charge in [-0.1, -0.05) is 19.1 Å². The van der Waals surface area contributed by atoms with E-state index in [0.29, 0.717) is 13.1 Å². The number of nitrogens with zero attached hydrogens (tertiary/aromatic N) is 1. The fourth-order valence-electron chi connectivity index (χ4n) is 2.06. The van der Waals surface area contributed by atoms with Crippen LogP contribution in [0.25, 0.3) is 0 Å². The average molecular weight is 463 g/mol. The summed E-state index contributed by atoms with van der Waals surface area (Å²) in [7, 11) is 0. The molecular formula is C19H34IN3O2. The summed E-state index contributed by atoms with van der Waals surface area (Å²) in [5, 5.41) is 15.6. The lowest BCUT2D eigenvalue weighted by atomic mass is 10.1. The van der Waals surface area contributed by atoms with Gasteiger partial charge in [-0.15, -0.1) is 24.0 Å². The number of aliphatic imine (C=N–C) groups is 1. The van der Waals surface area contributed by atoms with Gasteiger partial charge in [0.05, 0.1) is 6.54 Å². The number of benzene rings is 1. The molecule has 0 fully saturated rings. The monoisotopic (exact) mass is 463 g/mol. The maximum absolute atomic E-state index is 9.14. The number of guanidine groups is 1. The molecule has 0 heterocycles. The Morgan fingerprint density at radius 3 is 2.52 bits per heavy atom. The molecule has 5 nitrogen and oxygen atoms in total. The van der Waals surface area contributed by atoms with Gasteiger partial charge in [0.25, 0.3) is 0 Å². The van der Waals surface area contributed by atoms with Crippen molar-refractivity contribution in [1.29, 1.82) is 0 Å². The number of ether oxygens (including phenoxy) is 1. The maximum atomic E-state index is 9.14. The zero-order chi connectivity index (χ0) is 18.2. The predicted molar refractivity (Wildman–Crippen MR) is 116 cm³/mol. The molecule has 0 aliphatic rings.